The van der Waals surface area contributed by atoms with E-state index in [1.54, 1.807) is 0 Å². The van der Waals surface area contributed by atoms with E-state index in [2.05, 4.69) is 0 Å². The fourth-order valence-corrected chi connectivity index (χ4v) is 2.82. The standard InChI is InChI=1S/C22H10F12O2/c23-19(24,25)11-5-12(20(26,27)28)8-17(7-11)35-15-1-2-16(4-3-15)36-18-9-13(21(29,30)31)6-14(10-18)22(32,33)34/h1-10H. The Kier molecular flexibility index (Phi) is 6.85. The molecule has 0 N–H and O–H groups in total. The van der Waals surface area contributed by atoms with E-state index in [9.17, 15) is 52.7 Å². The number of hydrogen-bond donors (Lipinski definition) is 0. The van der Waals surface area contributed by atoms with Gasteiger partial charge in [0.05, 0.1) is 22.3 Å². The molecule has 3 aromatic carbocycles. The van der Waals surface area contributed by atoms with E-state index >= 15 is 0 Å². The van der Waals surface area contributed by atoms with Crippen molar-refractivity contribution in [1.29, 1.82) is 0 Å². The Labute approximate surface area is 193 Å². The number of halogens is 12. The average molecular weight is 534 g/mol. The SMILES string of the molecule is FC(F)(F)c1cc(Oc2ccc(Oc3cc(C(F)(F)F)cc(C(F)(F)F)c3)cc2)cc(C(F)(F)F)c1. The van der Waals surface area contributed by atoms with Crippen LogP contribution in [0.4, 0.5) is 52.7 Å². The Bertz CT molecular complexity index is 1060. The van der Waals surface area contributed by atoms with E-state index in [1.807, 2.05) is 0 Å². The molecule has 0 aliphatic carbocycles. The first-order valence-electron chi connectivity index (χ1n) is 9.37. The maximum absolute atomic E-state index is 13.0. The van der Waals surface area contributed by atoms with Crippen molar-refractivity contribution in [3.63, 3.8) is 0 Å². The first-order valence-corrected chi connectivity index (χ1v) is 9.37. The molecule has 14 heteroatoms. The maximum Gasteiger partial charge on any atom is 0.416 e. The summed E-state index contributed by atoms with van der Waals surface area (Å²) in [5, 5.41) is 0. The zero-order chi connectivity index (χ0) is 27.1. The molecular weight excluding hydrogens is 524 g/mol. The summed E-state index contributed by atoms with van der Waals surface area (Å²) < 4.78 is 166. The first-order chi connectivity index (χ1) is 16.3. The van der Waals surface area contributed by atoms with E-state index < -0.39 is 58.5 Å². The summed E-state index contributed by atoms with van der Waals surface area (Å²) in [4.78, 5) is 0. The van der Waals surface area contributed by atoms with E-state index in [4.69, 9.17) is 9.47 Å². The molecule has 0 fully saturated rings. The van der Waals surface area contributed by atoms with Crippen molar-refractivity contribution < 1.29 is 62.2 Å². The van der Waals surface area contributed by atoms with Gasteiger partial charge in [0, 0.05) is 0 Å². The molecular formula is C22H10F12O2. The average Bonchev–Trinajstić information content (AvgIpc) is 2.72. The Balaban J connectivity index is 1.87. The minimum atomic E-state index is -5.11. The van der Waals surface area contributed by atoms with Crippen LogP contribution in [0.2, 0.25) is 0 Å². The third-order valence-corrected chi connectivity index (χ3v) is 4.42. The highest BCUT2D eigenvalue weighted by Crippen LogP contribution is 2.41. The van der Waals surface area contributed by atoms with Gasteiger partial charge in [-0.25, -0.2) is 0 Å². The lowest BCUT2D eigenvalue weighted by atomic mass is 10.1. The topological polar surface area (TPSA) is 18.5 Å². The molecule has 0 radical (unpaired) electrons. The van der Waals surface area contributed by atoms with Crippen LogP contribution < -0.4 is 9.47 Å². The van der Waals surface area contributed by atoms with Crippen molar-refractivity contribution in [2.45, 2.75) is 24.7 Å². The lowest BCUT2D eigenvalue weighted by Gasteiger charge is -2.15. The zero-order valence-corrected chi connectivity index (χ0v) is 17.1. The van der Waals surface area contributed by atoms with Crippen LogP contribution >= 0.6 is 0 Å². The second-order valence-corrected chi connectivity index (χ2v) is 7.16. The molecule has 0 saturated heterocycles. The fourth-order valence-electron chi connectivity index (χ4n) is 2.82. The monoisotopic (exact) mass is 534 g/mol. The molecule has 0 unspecified atom stereocenters. The van der Waals surface area contributed by atoms with E-state index in [0.29, 0.717) is 24.3 Å². The van der Waals surface area contributed by atoms with Gasteiger partial charge in [0.2, 0.25) is 0 Å². The van der Waals surface area contributed by atoms with Gasteiger partial charge in [-0.05, 0) is 60.7 Å². The van der Waals surface area contributed by atoms with Gasteiger partial charge in [0.15, 0.2) is 0 Å². The summed E-state index contributed by atoms with van der Waals surface area (Å²) in [6.07, 6.45) is -20.5. The second-order valence-electron chi connectivity index (χ2n) is 7.16. The van der Waals surface area contributed by atoms with Crippen molar-refractivity contribution in [1.82, 2.24) is 0 Å². The first kappa shape index (κ1) is 27.0. The number of hydrogen-bond acceptors (Lipinski definition) is 2. The van der Waals surface area contributed by atoms with Crippen LogP contribution in [0.1, 0.15) is 22.3 Å². The molecule has 36 heavy (non-hydrogen) atoms. The van der Waals surface area contributed by atoms with Gasteiger partial charge in [-0.15, -0.1) is 0 Å². The predicted octanol–water partition coefficient (Wildman–Crippen LogP) is 9.35. The van der Waals surface area contributed by atoms with Crippen LogP contribution in [-0.2, 0) is 24.7 Å². The van der Waals surface area contributed by atoms with Crippen molar-refractivity contribution >= 4 is 0 Å². The van der Waals surface area contributed by atoms with Gasteiger partial charge in [-0.3, -0.25) is 0 Å². The molecule has 3 rings (SSSR count). The highest BCUT2D eigenvalue weighted by atomic mass is 19.4. The minimum absolute atomic E-state index is 0.103. The molecule has 194 valence electrons. The molecule has 0 spiro atoms. The quantitative estimate of drug-likeness (QED) is 0.311. The van der Waals surface area contributed by atoms with E-state index in [0.717, 1.165) is 24.3 Å². The van der Waals surface area contributed by atoms with E-state index in [-0.39, 0.29) is 23.6 Å². The third-order valence-electron chi connectivity index (χ3n) is 4.42. The molecule has 0 aliphatic heterocycles. The summed E-state index contributed by atoms with van der Waals surface area (Å²) in [7, 11) is 0. The molecule has 0 saturated carbocycles. The van der Waals surface area contributed by atoms with Gasteiger partial charge in [0.1, 0.15) is 23.0 Å². The smallest absolute Gasteiger partial charge is 0.416 e. The zero-order valence-electron chi connectivity index (χ0n) is 17.1. The lowest BCUT2D eigenvalue weighted by Crippen LogP contribution is -2.11. The third kappa shape index (κ3) is 6.76. The second kappa shape index (κ2) is 9.13. The van der Waals surface area contributed by atoms with Crippen LogP contribution in [0, 0.1) is 0 Å². The van der Waals surface area contributed by atoms with Crippen LogP contribution in [0.25, 0.3) is 0 Å². The summed E-state index contributed by atoms with van der Waals surface area (Å²) in [5.74, 6) is -2.23. The highest BCUT2D eigenvalue weighted by Gasteiger charge is 2.38. The van der Waals surface area contributed by atoms with Gasteiger partial charge in [0.25, 0.3) is 0 Å². The minimum Gasteiger partial charge on any atom is -0.457 e. The van der Waals surface area contributed by atoms with Crippen molar-refractivity contribution in [2.75, 3.05) is 0 Å². The van der Waals surface area contributed by atoms with Gasteiger partial charge < -0.3 is 9.47 Å². The molecule has 0 amide bonds. The van der Waals surface area contributed by atoms with Crippen molar-refractivity contribution in [3.8, 4) is 23.0 Å². The highest BCUT2D eigenvalue weighted by molar-refractivity contribution is 5.43. The number of alkyl halides is 12. The summed E-state index contributed by atoms with van der Waals surface area (Å²) in [6, 6.07) is 4.97. The number of benzene rings is 3. The molecule has 0 aliphatic rings. The molecule has 3 aromatic rings. The lowest BCUT2D eigenvalue weighted by molar-refractivity contribution is -0.144. The number of rotatable bonds is 4. The Morgan fingerprint density at radius 2 is 0.556 bits per heavy atom. The van der Waals surface area contributed by atoms with Crippen LogP contribution in [0.15, 0.2) is 60.7 Å². The van der Waals surface area contributed by atoms with Gasteiger partial charge in [-0.1, -0.05) is 0 Å². The van der Waals surface area contributed by atoms with Crippen LogP contribution in [0.3, 0.4) is 0 Å². The molecule has 0 heterocycles. The van der Waals surface area contributed by atoms with Crippen LogP contribution in [0.5, 0.6) is 23.0 Å². The fraction of sp³-hybridized carbons (Fsp3) is 0.182. The molecule has 0 bridgehead atoms. The van der Waals surface area contributed by atoms with Crippen LogP contribution in [-0.4, -0.2) is 0 Å². The molecule has 2 nitrogen and oxygen atoms in total. The largest absolute Gasteiger partial charge is 0.457 e. The summed E-state index contributed by atoms with van der Waals surface area (Å²) >= 11 is 0. The van der Waals surface area contributed by atoms with Crippen molar-refractivity contribution in [2.24, 2.45) is 0 Å². The predicted molar refractivity (Wildman–Crippen MR) is 99.5 cm³/mol. The number of ether oxygens (including phenoxy) is 2. The Hall–Kier alpha value is -3.58. The molecule has 0 atom stereocenters. The normalized spacial score (nSPS) is 13.0. The maximum atomic E-state index is 13.0. The summed E-state index contributed by atoms with van der Waals surface area (Å²) in [5.41, 5.74) is -6.51. The van der Waals surface area contributed by atoms with Gasteiger partial charge >= 0.3 is 24.7 Å². The summed E-state index contributed by atoms with van der Waals surface area (Å²) in [6.45, 7) is 0. The Morgan fingerprint density at radius 1 is 0.333 bits per heavy atom. The van der Waals surface area contributed by atoms with Gasteiger partial charge in [-0.2, -0.15) is 52.7 Å². The Morgan fingerprint density at radius 3 is 0.750 bits per heavy atom. The molecule has 0 aromatic heterocycles. The van der Waals surface area contributed by atoms with Crippen molar-refractivity contribution in [3.05, 3.63) is 82.9 Å². The van der Waals surface area contributed by atoms with E-state index in [1.165, 1.54) is 0 Å².